The van der Waals surface area contributed by atoms with Crippen molar-refractivity contribution < 1.29 is 80.2 Å². The van der Waals surface area contributed by atoms with Crippen LogP contribution >= 0.6 is 15.6 Å². The molecule has 0 aliphatic heterocycles. The second-order valence-corrected chi connectivity index (χ2v) is 27.8. The summed E-state index contributed by atoms with van der Waals surface area (Å²) in [6.07, 6.45) is 51.5. The van der Waals surface area contributed by atoms with Gasteiger partial charge >= 0.3 is 39.5 Å². The maximum absolute atomic E-state index is 13.0. The third-order valence-corrected chi connectivity index (χ3v) is 18.0. The zero-order valence-electron chi connectivity index (χ0n) is 56.7. The highest BCUT2D eigenvalue weighted by atomic mass is 31.2. The van der Waals surface area contributed by atoms with E-state index in [1.54, 1.807) is 0 Å². The highest BCUT2D eigenvalue weighted by Gasteiger charge is 2.30. The largest absolute Gasteiger partial charge is 0.472 e. The van der Waals surface area contributed by atoms with Crippen molar-refractivity contribution in [3.05, 3.63) is 0 Å². The van der Waals surface area contributed by atoms with Crippen molar-refractivity contribution in [2.24, 2.45) is 0 Å². The van der Waals surface area contributed by atoms with E-state index in [-0.39, 0.29) is 25.7 Å². The summed E-state index contributed by atoms with van der Waals surface area (Å²) < 4.78 is 68.1. The summed E-state index contributed by atoms with van der Waals surface area (Å²) in [5, 5.41) is 10.6. The number of hydrogen-bond acceptors (Lipinski definition) is 15. The van der Waals surface area contributed by atoms with Crippen LogP contribution < -0.4 is 0 Å². The van der Waals surface area contributed by atoms with Gasteiger partial charge in [-0.3, -0.25) is 37.3 Å². The Morgan fingerprint density at radius 1 is 0.273 bits per heavy atom. The van der Waals surface area contributed by atoms with E-state index in [0.29, 0.717) is 25.7 Å². The number of aliphatic hydroxyl groups is 1. The molecule has 0 bridgehead atoms. The molecule has 5 atom stereocenters. The van der Waals surface area contributed by atoms with Crippen molar-refractivity contribution in [2.45, 2.75) is 380 Å². The zero-order chi connectivity index (χ0) is 64.7. The second-order valence-electron chi connectivity index (χ2n) is 24.9. The van der Waals surface area contributed by atoms with Crippen LogP contribution in [-0.2, 0) is 65.4 Å². The van der Waals surface area contributed by atoms with Gasteiger partial charge in [-0.05, 0) is 25.7 Å². The molecule has 0 aromatic carbocycles. The summed E-state index contributed by atoms with van der Waals surface area (Å²) >= 11 is 0. The molecule has 19 heteroatoms. The van der Waals surface area contributed by atoms with Crippen LogP contribution in [0.1, 0.15) is 362 Å². The van der Waals surface area contributed by atoms with Gasteiger partial charge in [-0.15, -0.1) is 0 Å². The van der Waals surface area contributed by atoms with E-state index >= 15 is 0 Å². The lowest BCUT2D eigenvalue weighted by atomic mass is 10.0. The van der Waals surface area contributed by atoms with Crippen molar-refractivity contribution in [3.8, 4) is 0 Å². The van der Waals surface area contributed by atoms with Gasteiger partial charge in [0.05, 0.1) is 26.4 Å². The minimum atomic E-state index is -4.95. The van der Waals surface area contributed by atoms with Crippen LogP contribution in [0.25, 0.3) is 0 Å². The third-order valence-electron chi connectivity index (χ3n) is 16.1. The van der Waals surface area contributed by atoms with Gasteiger partial charge in [0.2, 0.25) is 0 Å². The fraction of sp³-hybridized carbons (Fsp3) is 0.942. The molecule has 0 aromatic heterocycles. The molecule has 0 aromatic rings. The van der Waals surface area contributed by atoms with Crippen LogP contribution in [0, 0.1) is 0 Å². The number of hydrogen-bond donors (Lipinski definition) is 3. The van der Waals surface area contributed by atoms with Gasteiger partial charge in [-0.1, -0.05) is 310 Å². The number of carbonyl (C=O) groups excluding carboxylic acids is 4. The minimum absolute atomic E-state index is 0.106. The minimum Gasteiger partial charge on any atom is -0.462 e. The molecule has 0 saturated carbocycles. The van der Waals surface area contributed by atoms with Gasteiger partial charge in [0, 0.05) is 25.7 Å². The molecule has 0 spiro atoms. The number of phosphoric ester groups is 2. The highest BCUT2D eigenvalue weighted by molar-refractivity contribution is 7.47. The standard InChI is InChI=1S/C69H134O17P2/c1-5-9-13-17-21-24-27-28-29-30-31-32-33-34-35-37-40-44-48-52-56-69(74)86-65(60-80-67(72)54-50-46-42-39-36-25-22-18-14-10-6-2)62-84-88(77,78)82-58-63(70)57-81-87(75,76)83-61-64(59-79-66(71)53-49-45-41-20-16-12-8-4)85-68(73)55-51-47-43-38-26-23-19-15-11-7-3/h63-65,70H,5-62H2,1-4H3,(H,75,76)(H,77,78)/t63-,64+,65+/m0/s1. The first-order valence-electron chi connectivity index (χ1n) is 36.3. The van der Waals surface area contributed by atoms with Crippen LogP contribution in [-0.4, -0.2) is 96.7 Å². The van der Waals surface area contributed by atoms with Crippen LogP contribution in [0.15, 0.2) is 0 Å². The van der Waals surface area contributed by atoms with E-state index in [1.807, 2.05) is 0 Å². The van der Waals surface area contributed by atoms with Gasteiger partial charge in [-0.25, -0.2) is 9.13 Å². The first-order chi connectivity index (χ1) is 42.7. The van der Waals surface area contributed by atoms with E-state index < -0.39 is 97.5 Å². The van der Waals surface area contributed by atoms with E-state index in [9.17, 15) is 43.2 Å². The Labute approximate surface area is 537 Å². The number of esters is 4. The number of phosphoric acid groups is 2. The predicted molar refractivity (Wildman–Crippen MR) is 354 cm³/mol. The Balaban J connectivity index is 5.13. The number of unbranched alkanes of at least 4 members (excludes halogenated alkanes) is 44. The van der Waals surface area contributed by atoms with E-state index in [2.05, 4.69) is 27.7 Å². The average molecular weight is 1300 g/mol. The van der Waals surface area contributed by atoms with E-state index in [4.69, 9.17) is 37.0 Å². The predicted octanol–water partition coefficient (Wildman–Crippen LogP) is 19.9. The zero-order valence-corrected chi connectivity index (χ0v) is 58.5. The summed E-state index contributed by atoms with van der Waals surface area (Å²) in [6.45, 7) is 4.88. The molecule has 2 unspecified atom stereocenters. The topological polar surface area (TPSA) is 237 Å². The van der Waals surface area contributed by atoms with Crippen LogP contribution in [0.2, 0.25) is 0 Å². The Hall–Kier alpha value is -1.94. The van der Waals surface area contributed by atoms with Gasteiger partial charge < -0.3 is 33.8 Å². The molecule has 0 radical (unpaired) electrons. The molecular formula is C69H134O17P2. The smallest absolute Gasteiger partial charge is 0.462 e. The molecule has 3 N–H and O–H groups in total. The Morgan fingerprint density at radius 2 is 0.455 bits per heavy atom. The molecule has 0 amide bonds. The molecule has 0 aliphatic rings. The van der Waals surface area contributed by atoms with Crippen molar-refractivity contribution in [2.75, 3.05) is 39.6 Å². The Kier molecular flexibility index (Phi) is 62.4. The molecule has 0 saturated heterocycles. The van der Waals surface area contributed by atoms with Crippen molar-refractivity contribution >= 4 is 39.5 Å². The summed E-state index contributed by atoms with van der Waals surface area (Å²) in [5.74, 6) is -2.13. The fourth-order valence-corrected chi connectivity index (χ4v) is 12.1. The van der Waals surface area contributed by atoms with Crippen LogP contribution in [0.5, 0.6) is 0 Å². The molecule has 0 heterocycles. The SMILES string of the molecule is CCCCCCCCCCCCCCCCCCCCCCC(=O)O[C@H](COC(=O)CCCCCCCCCCCCC)COP(=O)(O)OC[C@@H](O)COP(=O)(O)OC[C@@H](COC(=O)CCCCCCCCC)OC(=O)CCCCCCCCCCCC. The number of ether oxygens (including phenoxy) is 4. The summed E-state index contributed by atoms with van der Waals surface area (Å²) in [6, 6.07) is 0. The first-order valence-corrected chi connectivity index (χ1v) is 39.3. The third kappa shape index (κ3) is 62.8. The summed E-state index contributed by atoms with van der Waals surface area (Å²) in [4.78, 5) is 72.3. The monoisotopic (exact) mass is 1300 g/mol. The van der Waals surface area contributed by atoms with Gasteiger partial charge in [-0.2, -0.15) is 0 Å². The Morgan fingerprint density at radius 3 is 0.670 bits per heavy atom. The molecular weight excluding hydrogens is 1160 g/mol. The number of aliphatic hydroxyl groups excluding tert-OH is 1. The molecule has 0 fully saturated rings. The maximum atomic E-state index is 13.0. The van der Waals surface area contributed by atoms with Gasteiger partial charge in [0.25, 0.3) is 0 Å². The lowest BCUT2D eigenvalue weighted by molar-refractivity contribution is -0.161. The Bertz CT molecular complexity index is 1690. The van der Waals surface area contributed by atoms with Crippen LogP contribution in [0.4, 0.5) is 0 Å². The van der Waals surface area contributed by atoms with Crippen molar-refractivity contribution in [1.82, 2.24) is 0 Å². The van der Waals surface area contributed by atoms with Crippen LogP contribution in [0.3, 0.4) is 0 Å². The fourth-order valence-electron chi connectivity index (χ4n) is 10.5. The molecule has 17 nitrogen and oxygen atoms in total. The van der Waals surface area contributed by atoms with Crippen molar-refractivity contribution in [3.63, 3.8) is 0 Å². The molecule has 0 aliphatic carbocycles. The molecule has 0 rings (SSSR count). The lowest BCUT2D eigenvalue weighted by Crippen LogP contribution is -2.30. The van der Waals surface area contributed by atoms with Gasteiger partial charge in [0.15, 0.2) is 12.2 Å². The average Bonchev–Trinajstić information content (AvgIpc) is 3.52. The quantitative estimate of drug-likeness (QED) is 0.0222. The van der Waals surface area contributed by atoms with Gasteiger partial charge in [0.1, 0.15) is 19.3 Å². The summed E-state index contributed by atoms with van der Waals surface area (Å²) in [5.41, 5.74) is 0. The maximum Gasteiger partial charge on any atom is 0.472 e. The highest BCUT2D eigenvalue weighted by Crippen LogP contribution is 2.45. The van der Waals surface area contributed by atoms with Crippen molar-refractivity contribution in [1.29, 1.82) is 0 Å². The second kappa shape index (κ2) is 63.8. The lowest BCUT2D eigenvalue weighted by Gasteiger charge is -2.21. The van der Waals surface area contributed by atoms with E-state index in [0.717, 1.165) is 103 Å². The molecule has 522 valence electrons. The van der Waals surface area contributed by atoms with E-state index in [1.165, 1.54) is 180 Å². The molecule has 88 heavy (non-hydrogen) atoms. The normalized spacial score (nSPS) is 14.0. The first kappa shape index (κ1) is 86.1. The number of carbonyl (C=O) groups is 4. The number of rotatable bonds is 70. The summed E-state index contributed by atoms with van der Waals surface area (Å²) in [7, 11) is -9.89.